The van der Waals surface area contributed by atoms with Gasteiger partial charge < -0.3 is 4.98 Å². The van der Waals surface area contributed by atoms with Crippen LogP contribution in [-0.2, 0) is 0 Å². The average molecular weight is 327 g/mol. The zero-order valence-corrected chi connectivity index (χ0v) is 11.3. The van der Waals surface area contributed by atoms with E-state index in [2.05, 4.69) is 30.9 Å². The van der Waals surface area contributed by atoms with Crippen molar-refractivity contribution in [1.29, 1.82) is 0 Å². The molecule has 0 aliphatic carbocycles. The van der Waals surface area contributed by atoms with Gasteiger partial charge >= 0.3 is 0 Å². The van der Waals surface area contributed by atoms with Crippen LogP contribution in [0.5, 0.6) is 0 Å². The first-order chi connectivity index (χ1) is 8.65. The number of fused-ring (bicyclic) bond motifs is 1. The molecule has 0 unspecified atom stereocenters. The highest BCUT2D eigenvalue weighted by Gasteiger charge is 2.12. The molecule has 3 aromatic heterocycles. The molecule has 0 amide bonds. The van der Waals surface area contributed by atoms with Crippen LogP contribution in [0.4, 0.5) is 4.39 Å². The van der Waals surface area contributed by atoms with E-state index in [0.717, 1.165) is 21.1 Å². The first-order valence-electron chi connectivity index (χ1n) is 5.09. The lowest BCUT2D eigenvalue weighted by molar-refractivity contribution is 0.584. The van der Waals surface area contributed by atoms with E-state index in [1.54, 1.807) is 12.4 Å². The Morgan fingerprint density at radius 3 is 2.83 bits per heavy atom. The van der Waals surface area contributed by atoms with E-state index < -0.39 is 5.95 Å². The quantitative estimate of drug-likeness (QED) is 0.682. The Morgan fingerprint density at radius 1 is 1.17 bits per heavy atom. The Bertz CT molecular complexity index is 741. The van der Waals surface area contributed by atoms with Gasteiger partial charge in [-0.1, -0.05) is 11.6 Å². The first kappa shape index (κ1) is 11.6. The highest BCUT2D eigenvalue weighted by Crippen LogP contribution is 2.33. The zero-order valence-electron chi connectivity index (χ0n) is 8.92. The summed E-state index contributed by atoms with van der Waals surface area (Å²) in [6, 6.07) is 3.22. The fraction of sp³-hybridized carbons (Fsp3) is 0. The van der Waals surface area contributed by atoms with Crippen molar-refractivity contribution in [2.45, 2.75) is 0 Å². The Labute approximate surface area is 115 Å². The molecular formula is C12H6BrClFN3. The third kappa shape index (κ3) is 1.89. The SMILES string of the molecule is Fc1cc(-c2c[nH]c3ncc(Br)cc23)c(Cl)cn1. The van der Waals surface area contributed by atoms with Crippen molar-refractivity contribution in [2.24, 2.45) is 0 Å². The molecule has 3 heterocycles. The summed E-state index contributed by atoms with van der Waals surface area (Å²) in [6.45, 7) is 0. The molecule has 0 radical (unpaired) electrons. The van der Waals surface area contributed by atoms with Crippen molar-refractivity contribution < 1.29 is 4.39 Å². The van der Waals surface area contributed by atoms with Crippen LogP contribution < -0.4 is 0 Å². The molecule has 3 aromatic rings. The maximum atomic E-state index is 13.2. The fourth-order valence-corrected chi connectivity index (χ4v) is 2.36. The summed E-state index contributed by atoms with van der Waals surface area (Å²) in [6.07, 6.45) is 4.75. The van der Waals surface area contributed by atoms with Gasteiger partial charge in [0.1, 0.15) is 5.65 Å². The van der Waals surface area contributed by atoms with Gasteiger partial charge in [0.05, 0.1) is 5.02 Å². The predicted octanol–water partition coefficient (Wildman–Crippen LogP) is 4.18. The standard InChI is InChI=1S/C12H6BrClFN3/c13-6-1-8-9(4-18-12(8)17-3-6)7-2-11(15)16-5-10(7)14/h1-5H,(H,17,18). The molecule has 3 rings (SSSR count). The molecule has 0 fully saturated rings. The molecule has 90 valence electrons. The van der Waals surface area contributed by atoms with Crippen molar-refractivity contribution in [2.75, 3.05) is 0 Å². The number of aromatic amines is 1. The van der Waals surface area contributed by atoms with E-state index in [1.807, 2.05) is 6.07 Å². The first-order valence-corrected chi connectivity index (χ1v) is 6.26. The highest BCUT2D eigenvalue weighted by atomic mass is 79.9. The van der Waals surface area contributed by atoms with Crippen LogP contribution in [0, 0.1) is 5.95 Å². The van der Waals surface area contributed by atoms with Gasteiger partial charge in [-0.2, -0.15) is 4.39 Å². The molecule has 0 spiro atoms. The lowest BCUT2D eigenvalue weighted by Gasteiger charge is -2.02. The van der Waals surface area contributed by atoms with Crippen LogP contribution in [0.1, 0.15) is 0 Å². The van der Waals surface area contributed by atoms with Crippen LogP contribution >= 0.6 is 27.5 Å². The number of halogens is 3. The Balaban J connectivity index is 2.31. The average Bonchev–Trinajstić information content (AvgIpc) is 2.75. The smallest absolute Gasteiger partial charge is 0.213 e. The fourth-order valence-electron chi connectivity index (χ4n) is 1.82. The van der Waals surface area contributed by atoms with E-state index >= 15 is 0 Å². The van der Waals surface area contributed by atoms with Crippen molar-refractivity contribution in [3.63, 3.8) is 0 Å². The van der Waals surface area contributed by atoms with E-state index in [1.165, 1.54) is 12.3 Å². The van der Waals surface area contributed by atoms with Crippen molar-refractivity contribution >= 4 is 38.6 Å². The van der Waals surface area contributed by atoms with Crippen LogP contribution in [-0.4, -0.2) is 15.0 Å². The van der Waals surface area contributed by atoms with Gasteiger partial charge in [0, 0.05) is 45.6 Å². The summed E-state index contributed by atoms with van der Waals surface area (Å²) in [5, 5.41) is 1.27. The minimum absolute atomic E-state index is 0.400. The third-order valence-electron chi connectivity index (χ3n) is 2.61. The van der Waals surface area contributed by atoms with Gasteiger partial charge in [0.25, 0.3) is 0 Å². The number of hydrogen-bond donors (Lipinski definition) is 1. The molecule has 3 nitrogen and oxygen atoms in total. The Morgan fingerprint density at radius 2 is 2.00 bits per heavy atom. The number of hydrogen-bond acceptors (Lipinski definition) is 2. The molecular weight excluding hydrogens is 321 g/mol. The summed E-state index contributed by atoms with van der Waals surface area (Å²) >= 11 is 9.41. The molecule has 0 aliphatic heterocycles. The molecule has 0 aliphatic rings. The zero-order chi connectivity index (χ0) is 12.7. The number of aromatic nitrogens is 3. The topological polar surface area (TPSA) is 41.6 Å². The van der Waals surface area contributed by atoms with Gasteiger partial charge in [0.15, 0.2) is 0 Å². The van der Waals surface area contributed by atoms with Crippen LogP contribution in [0.2, 0.25) is 5.02 Å². The normalized spacial score (nSPS) is 11.1. The molecule has 0 bridgehead atoms. The van der Waals surface area contributed by atoms with E-state index in [9.17, 15) is 4.39 Å². The number of nitrogens with zero attached hydrogens (tertiary/aromatic N) is 2. The van der Waals surface area contributed by atoms with Gasteiger partial charge in [-0.15, -0.1) is 0 Å². The maximum Gasteiger partial charge on any atom is 0.213 e. The summed E-state index contributed by atoms with van der Waals surface area (Å²) in [7, 11) is 0. The maximum absolute atomic E-state index is 13.2. The Hall–Kier alpha value is -1.46. The summed E-state index contributed by atoms with van der Waals surface area (Å²) in [5.74, 6) is -0.563. The van der Waals surface area contributed by atoms with Crippen molar-refractivity contribution in [1.82, 2.24) is 15.0 Å². The summed E-state index contributed by atoms with van der Waals surface area (Å²) < 4.78 is 14.1. The minimum atomic E-state index is -0.563. The third-order valence-corrected chi connectivity index (χ3v) is 3.34. The van der Waals surface area contributed by atoms with Crippen LogP contribution in [0.15, 0.2) is 35.2 Å². The second-order valence-corrected chi connectivity index (χ2v) is 5.06. The van der Waals surface area contributed by atoms with Crippen molar-refractivity contribution in [3.8, 4) is 11.1 Å². The summed E-state index contributed by atoms with van der Waals surface area (Å²) in [4.78, 5) is 10.8. The second kappa shape index (κ2) is 4.33. The highest BCUT2D eigenvalue weighted by molar-refractivity contribution is 9.10. The molecule has 0 aromatic carbocycles. The number of rotatable bonds is 1. The predicted molar refractivity (Wildman–Crippen MR) is 72.0 cm³/mol. The van der Waals surface area contributed by atoms with Gasteiger partial charge in [-0.25, -0.2) is 9.97 Å². The van der Waals surface area contributed by atoms with Gasteiger partial charge in [-0.05, 0) is 22.0 Å². The number of pyridine rings is 2. The molecule has 0 saturated heterocycles. The van der Waals surface area contributed by atoms with Gasteiger partial charge in [-0.3, -0.25) is 0 Å². The van der Waals surface area contributed by atoms with E-state index in [0.29, 0.717) is 10.6 Å². The monoisotopic (exact) mass is 325 g/mol. The van der Waals surface area contributed by atoms with E-state index in [-0.39, 0.29) is 0 Å². The van der Waals surface area contributed by atoms with E-state index in [4.69, 9.17) is 11.6 Å². The summed E-state index contributed by atoms with van der Waals surface area (Å²) in [5.41, 5.74) is 2.11. The molecule has 6 heteroatoms. The molecule has 18 heavy (non-hydrogen) atoms. The minimum Gasteiger partial charge on any atom is -0.346 e. The van der Waals surface area contributed by atoms with Crippen molar-refractivity contribution in [3.05, 3.63) is 46.2 Å². The lowest BCUT2D eigenvalue weighted by Crippen LogP contribution is -1.85. The molecule has 0 saturated carbocycles. The lowest BCUT2D eigenvalue weighted by atomic mass is 10.1. The van der Waals surface area contributed by atoms with Crippen LogP contribution in [0.3, 0.4) is 0 Å². The largest absolute Gasteiger partial charge is 0.346 e. The second-order valence-electron chi connectivity index (χ2n) is 3.74. The molecule has 1 N–H and O–H groups in total. The van der Waals surface area contributed by atoms with Crippen LogP contribution in [0.25, 0.3) is 22.2 Å². The number of nitrogens with one attached hydrogen (secondary N) is 1. The number of H-pyrrole nitrogens is 1. The molecule has 0 atom stereocenters. The Kier molecular flexibility index (Phi) is 2.80. The van der Waals surface area contributed by atoms with Gasteiger partial charge in [0.2, 0.25) is 5.95 Å².